The number of hydrogen-bond donors (Lipinski definition) is 0. The van der Waals surface area contributed by atoms with Gasteiger partial charge in [-0.3, -0.25) is 4.68 Å². The molecule has 0 saturated carbocycles. The minimum absolute atomic E-state index is 1.15. The monoisotopic (exact) mass is 215 g/mol. The lowest BCUT2D eigenvalue weighted by Crippen LogP contribution is -2.29. The summed E-state index contributed by atoms with van der Waals surface area (Å²) < 4.78 is 1.99. The van der Waals surface area contributed by atoms with E-state index in [-0.39, 0.29) is 0 Å². The normalized spacial score (nSPS) is 16.9. The Hall–Kier alpha value is -1.51. The van der Waals surface area contributed by atoms with Crippen molar-refractivity contribution in [2.45, 2.75) is 19.3 Å². The van der Waals surface area contributed by atoms with Gasteiger partial charge < -0.3 is 4.90 Å². The van der Waals surface area contributed by atoms with Crippen molar-refractivity contribution in [3.8, 4) is 0 Å². The molecule has 0 amide bonds. The van der Waals surface area contributed by atoms with E-state index < -0.39 is 0 Å². The fraction of sp³-hybridized carbons (Fsp3) is 0.462. The highest BCUT2D eigenvalue weighted by atomic mass is 15.3. The number of fused-ring (bicyclic) bond motifs is 1. The zero-order valence-electron chi connectivity index (χ0n) is 9.69. The Morgan fingerprint density at radius 2 is 1.81 bits per heavy atom. The Balaban J connectivity index is 2.08. The van der Waals surface area contributed by atoms with Crippen LogP contribution < -0.4 is 4.90 Å². The van der Waals surface area contributed by atoms with Gasteiger partial charge in [-0.25, -0.2) is 0 Å². The van der Waals surface area contributed by atoms with Gasteiger partial charge in [0.15, 0.2) is 5.82 Å². The van der Waals surface area contributed by atoms with Gasteiger partial charge in [-0.05, 0) is 31.4 Å². The van der Waals surface area contributed by atoms with Crippen molar-refractivity contribution in [1.29, 1.82) is 0 Å². The molecular formula is C13H17N3. The first-order chi connectivity index (χ1) is 7.86. The van der Waals surface area contributed by atoms with E-state index >= 15 is 0 Å². The SMILES string of the molecule is Cn1nc(N2CCCCC2)c2ccccc21. The van der Waals surface area contributed by atoms with Crippen LogP contribution in [0.15, 0.2) is 24.3 Å². The molecular weight excluding hydrogens is 198 g/mol. The van der Waals surface area contributed by atoms with Crippen LogP contribution in [0.5, 0.6) is 0 Å². The van der Waals surface area contributed by atoms with Gasteiger partial charge in [0.25, 0.3) is 0 Å². The van der Waals surface area contributed by atoms with E-state index in [0.29, 0.717) is 0 Å². The van der Waals surface area contributed by atoms with Crippen LogP contribution in [0.4, 0.5) is 5.82 Å². The molecule has 3 rings (SSSR count). The molecule has 0 bridgehead atoms. The van der Waals surface area contributed by atoms with Gasteiger partial charge in [0.1, 0.15) is 0 Å². The van der Waals surface area contributed by atoms with E-state index in [9.17, 15) is 0 Å². The summed E-state index contributed by atoms with van der Waals surface area (Å²) in [6, 6.07) is 8.48. The number of aromatic nitrogens is 2. The summed E-state index contributed by atoms with van der Waals surface area (Å²) in [5.74, 6) is 1.16. The third-order valence-corrected chi connectivity index (χ3v) is 3.39. The van der Waals surface area contributed by atoms with Gasteiger partial charge >= 0.3 is 0 Å². The highest BCUT2D eigenvalue weighted by Gasteiger charge is 2.17. The molecule has 3 nitrogen and oxygen atoms in total. The molecule has 16 heavy (non-hydrogen) atoms. The molecule has 0 radical (unpaired) electrons. The molecule has 1 aliphatic heterocycles. The molecule has 0 atom stereocenters. The fourth-order valence-electron chi connectivity index (χ4n) is 2.53. The molecule has 0 unspecified atom stereocenters. The maximum atomic E-state index is 4.66. The zero-order chi connectivity index (χ0) is 11.0. The third-order valence-electron chi connectivity index (χ3n) is 3.39. The van der Waals surface area contributed by atoms with E-state index in [0.717, 1.165) is 18.9 Å². The van der Waals surface area contributed by atoms with Gasteiger partial charge in [-0.1, -0.05) is 12.1 Å². The second kappa shape index (κ2) is 3.81. The van der Waals surface area contributed by atoms with Crippen molar-refractivity contribution in [3.63, 3.8) is 0 Å². The highest BCUT2D eigenvalue weighted by molar-refractivity contribution is 5.90. The smallest absolute Gasteiger partial charge is 0.158 e. The molecule has 0 aliphatic carbocycles. The van der Waals surface area contributed by atoms with E-state index in [1.165, 1.54) is 30.2 Å². The van der Waals surface area contributed by atoms with Crippen LogP contribution in [-0.2, 0) is 7.05 Å². The number of rotatable bonds is 1. The first-order valence-corrected chi connectivity index (χ1v) is 6.03. The second-order valence-electron chi connectivity index (χ2n) is 4.51. The van der Waals surface area contributed by atoms with Gasteiger partial charge in [0.05, 0.1) is 5.52 Å². The fourth-order valence-corrected chi connectivity index (χ4v) is 2.53. The molecule has 1 fully saturated rings. The van der Waals surface area contributed by atoms with Crippen LogP contribution in [0.1, 0.15) is 19.3 Å². The minimum Gasteiger partial charge on any atom is -0.355 e. The molecule has 1 saturated heterocycles. The topological polar surface area (TPSA) is 21.1 Å². The van der Waals surface area contributed by atoms with Crippen molar-refractivity contribution >= 4 is 16.7 Å². The van der Waals surface area contributed by atoms with E-state index in [4.69, 9.17) is 0 Å². The third kappa shape index (κ3) is 1.47. The van der Waals surface area contributed by atoms with Crippen molar-refractivity contribution < 1.29 is 0 Å². The number of anilines is 1. The first-order valence-electron chi connectivity index (χ1n) is 6.03. The van der Waals surface area contributed by atoms with Gasteiger partial charge in [0.2, 0.25) is 0 Å². The van der Waals surface area contributed by atoms with Gasteiger partial charge in [-0.2, -0.15) is 5.10 Å². The Labute approximate surface area is 95.7 Å². The second-order valence-corrected chi connectivity index (χ2v) is 4.51. The lowest BCUT2D eigenvalue weighted by molar-refractivity contribution is 0.571. The van der Waals surface area contributed by atoms with Crippen LogP contribution >= 0.6 is 0 Å². The Bertz CT molecular complexity index is 495. The van der Waals surface area contributed by atoms with Crippen molar-refractivity contribution in [3.05, 3.63) is 24.3 Å². The maximum Gasteiger partial charge on any atom is 0.158 e. The predicted octanol–water partition coefficient (Wildman–Crippen LogP) is 2.56. The number of piperidine rings is 1. The number of nitrogens with zero attached hydrogens (tertiary/aromatic N) is 3. The average molecular weight is 215 g/mol. The standard InChI is InChI=1S/C13H17N3/c1-15-12-8-4-3-7-11(12)13(14-15)16-9-5-2-6-10-16/h3-4,7-8H,2,5-6,9-10H2,1H3. The largest absolute Gasteiger partial charge is 0.355 e. The minimum atomic E-state index is 1.15. The van der Waals surface area contributed by atoms with Crippen molar-refractivity contribution in [2.24, 2.45) is 7.05 Å². The number of para-hydroxylation sites is 1. The number of aryl methyl sites for hydroxylation is 1. The van der Waals surface area contributed by atoms with Gasteiger partial charge in [-0.15, -0.1) is 0 Å². The number of hydrogen-bond acceptors (Lipinski definition) is 2. The summed E-state index contributed by atoms with van der Waals surface area (Å²) in [5.41, 5.74) is 1.23. The quantitative estimate of drug-likeness (QED) is 0.729. The summed E-state index contributed by atoms with van der Waals surface area (Å²) in [7, 11) is 2.02. The molecule has 2 heterocycles. The van der Waals surface area contributed by atoms with Crippen molar-refractivity contribution in [1.82, 2.24) is 9.78 Å². The summed E-state index contributed by atoms with van der Waals surface area (Å²) in [6.07, 6.45) is 3.96. The lowest BCUT2D eigenvalue weighted by Gasteiger charge is -2.26. The summed E-state index contributed by atoms with van der Waals surface area (Å²) in [4.78, 5) is 2.42. The molecule has 0 spiro atoms. The lowest BCUT2D eigenvalue weighted by atomic mass is 10.1. The maximum absolute atomic E-state index is 4.66. The van der Waals surface area contributed by atoms with Crippen LogP contribution in [0.25, 0.3) is 10.9 Å². The van der Waals surface area contributed by atoms with E-state index in [1.54, 1.807) is 0 Å². The molecule has 2 aromatic rings. The zero-order valence-corrected chi connectivity index (χ0v) is 9.69. The Kier molecular flexibility index (Phi) is 2.31. The molecule has 0 N–H and O–H groups in total. The highest BCUT2D eigenvalue weighted by Crippen LogP contribution is 2.27. The molecule has 1 aromatic carbocycles. The van der Waals surface area contributed by atoms with E-state index in [1.807, 2.05) is 11.7 Å². The molecule has 3 heteroatoms. The molecule has 1 aromatic heterocycles. The summed E-state index contributed by atoms with van der Waals surface area (Å²) >= 11 is 0. The van der Waals surface area contributed by atoms with Gasteiger partial charge in [0, 0.05) is 25.5 Å². The van der Waals surface area contributed by atoms with E-state index in [2.05, 4.69) is 34.3 Å². The number of benzene rings is 1. The molecule has 1 aliphatic rings. The van der Waals surface area contributed by atoms with Crippen molar-refractivity contribution in [2.75, 3.05) is 18.0 Å². The van der Waals surface area contributed by atoms with Crippen LogP contribution in [0.2, 0.25) is 0 Å². The predicted molar refractivity (Wildman–Crippen MR) is 66.8 cm³/mol. The molecule has 84 valence electrons. The van der Waals surface area contributed by atoms with Crippen LogP contribution in [-0.4, -0.2) is 22.9 Å². The van der Waals surface area contributed by atoms with Crippen LogP contribution in [0.3, 0.4) is 0 Å². The Morgan fingerprint density at radius 1 is 1.06 bits per heavy atom. The average Bonchev–Trinajstić information content (AvgIpc) is 2.69. The summed E-state index contributed by atoms with van der Waals surface area (Å²) in [5, 5.41) is 5.94. The summed E-state index contributed by atoms with van der Waals surface area (Å²) in [6.45, 7) is 2.31. The Morgan fingerprint density at radius 3 is 2.62 bits per heavy atom. The van der Waals surface area contributed by atoms with Crippen LogP contribution in [0, 0.1) is 0 Å². The first kappa shape index (κ1) is 9.70.